The summed E-state index contributed by atoms with van der Waals surface area (Å²) in [5, 5.41) is 2.26. The van der Waals surface area contributed by atoms with Gasteiger partial charge in [-0.05, 0) is 49.9 Å². The zero-order valence-electron chi connectivity index (χ0n) is 6.81. The summed E-state index contributed by atoms with van der Waals surface area (Å²) in [6, 6.07) is 0. The molecule has 1 heteroatoms. The molecule has 0 aliphatic carbocycles. The maximum absolute atomic E-state index is 2.47. The molecule has 0 nitrogen and oxygen atoms in total. The van der Waals surface area contributed by atoms with Gasteiger partial charge in [0.2, 0.25) is 0 Å². The molecule has 0 saturated carbocycles. The summed E-state index contributed by atoms with van der Waals surface area (Å²) in [6.45, 7) is 2.47. The molecule has 58 valence electrons. The van der Waals surface area contributed by atoms with Crippen molar-refractivity contribution in [3.8, 4) is 0 Å². The van der Waals surface area contributed by atoms with E-state index in [1.165, 1.54) is 24.5 Å². The van der Waals surface area contributed by atoms with Gasteiger partial charge in [-0.2, -0.15) is 0 Å². The molecule has 1 unspecified atom stereocenters. The fourth-order valence-electron chi connectivity index (χ4n) is 2.36. The van der Waals surface area contributed by atoms with E-state index in [0.29, 0.717) is 0 Å². The Hall–Kier alpha value is 0.350. The van der Waals surface area contributed by atoms with E-state index in [0.717, 1.165) is 16.1 Å². The summed E-state index contributed by atoms with van der Waals surface area (Å²) in [7, 11) is 0.870. The zero-order chi connectivity index (χ0) is 6.97. The minimum atomic E-state index is 0.870. The molecule has 2 aliphatic heterocycles. The second-order valence-corrected chi connectivity index (χ2v) is 6.50. The van der Waals surface area contributed by atoms with Crippen LogP contribution in [0.2, 0.25) is 0 Å². The summed E-state index contributed by atoms with van der Waals surface area (Å²) in [4.78, 5) is 0. The van der Waals surface area contributed by atoms with Crippen molar-refractivity contribution >= 4 is 10.9 Å². The molecule has 0 amide bonds. The Morgan fingerprint density at radius 3 is 2.80 bits per heavy atom. The molecular weight excluding hydrogens is 140 g/mol. The largest absolute Gasteiger partial charge is 0.118 e. The molecule has 0 aromatic carbocycles. The summed E-state index contributed by atoms with van der Waals surface area (Å²) in [5.41, 5.74) is 0. The quantitative estimate of drug-likeness (QED) is 0.473. The van der Waals surface area contributed by atoms with E-state index in [1.807, 2.05) is 0 Å². The molecule has 0 aromatic heterocycles. The van der Waals surface area contributed by atoms with E-state index in [4.69, 9.17) is 0 Å². The van der Waals surface area contributed by atoms with Crippen LogP contribution in [0.1, 0.15) is 39.0 Å². The van der Waals surface area contributed by atoms with Crippen LogP contribution in [0.5, 0.6) is 0 Å². The van der Waals surface area contributed by atoms with Crippen LogP contribution >= 0.6 is 0 Å². The lowest BCUT2D eigenvalue weighted by molar-refractivity contribution is 0.638. The molecule has 2 rings (SSSR count). The lowest BCUT2D eigenvalue weighted by Gasteiger charge is -2.18. The van der Waals surface area contributed by atoms with Crippen LogP contribution in [-0.2, 0) is 10.9 Å². The first-order valence-electron chi connectivity index (χ1n) is 4.56. The highest BCUT2D eigenvalue weighted by molar-refractivity contribution is 7.98. The lowest BCUT2D eigenvalue weighted by Crippen LogP contribution is -2.28. The van der Waals surface area contributed by atoms with E-state index in [-0.39, 0.29) is 0 Å². The van der Waals surface area contributed by atoms with Crippen LogP contribution < -0.4 is 0 Å². The molecular formula is C9H17S+. The third kappa shape index (κ3) is 1.09. The van der Waals surface area contributed by atoms with Crippen LogP contribution in [-0.4, -0.2) is 16.3 Å². The molecule has 0 N–H and O–H groups in total. The number of hydrogen-bond donors (Lipinski definition) is 0. The van der Waals surface area contributed by atoms with Gasteiger partial charge in [0.1, 0.15) is 16.3 Å². The van der Waals surface area contributed by atoms with E-state index in [9.17, 15) is 0 Å². The Balaban J connectivity index is 2.01. The smallest absolute Gasteiger partial charge is 0.0441 e. The first-order chi connectivity index (χ1) is 4.88. The average Bonchev–Trinajstić information content (AvgIpc) is 2.34. The number of hydrogen-bond acceptors (Lipinski definition) is 0. The third-order valence-electron chi connectivity index (χ3n) is 3.00. The summed E-state index contributed by atoms with van der Waals surface area (Å²) in [6.07, 6.45) is 7.72. The molecule has 10 heavy (non-hydrogen) atoms. The predicted octanol–water partition coefficient (Wildman–Crippen LogP) is 2.34. The Bertz CT molecular complexity index is 120. The van der Waals surface area contributed by atoms with Gasteiger partial charge in [0, 0.05) is 0 Å². The van der Waals surface area contributed by atoms with E-state index < -0.39 is 0 Å². The van der Waals surface area contributed by atoms with Gasteiger partial charge in [-0.15, -0.1) is 0 Å². The van der Waals surface area contributed by atoms with Crippen molar-refractivity contribution in [2.45, 2.75) is 49.5 Å². The van der Waals surface area contributed by atoms with Crippen LogP contribution in [0.25, 0.3) is 0 Å². The lowest BCUT2D eigenvalue weighted by atomic mass is 10.1. The predicted molar refractivity (Wildman–Crippen MR) is 48.6 cm³/mol. The maximum Gasteiger partial charge on any atom is 0.118 e. The minimum Gasteiger partial charge on any atom is -0.0441 e. The van der Waals surface area contributed by atoms with Crippen LogP contribution in [0.15, 0.2) is 0 Å². The monoisotopic (exact) mass is 157 g/mol. The minimum absolute atomic E-state index is 0.870. The molecule has 2 heterocycles. The topological polar surface area (TPSA) is 0 Å². The first kappa shape index (κ1) is 7.02. The van der Waals surface area contributed by atoms with Crippen LogP contribution in [0.4, 0.5) is 0 Å². The number of fused-ring (bicyclic) bond motifs is 1. The van der Waals surface area contributed by atoms with Crippen molar-refractivity contribution in [1.82, 2.24) is 0 Å². The van der Waals surface area contributed by atoms with Gasteiger partial charge in [-0.25, -0.2) is 0 Å². The maximum atomic E-state index is 2.47. The summed E-state index contributed by atoms with van der Waals surface area (Å²) >= 11 is 0. The third-order valence-corrected chi connectivity index (χ3v) is 6.35. The van der Waals surface area contributed by atoms with Crippen LogP contribution in [0, 0.1) is 0 Å². The van der Waals surface area contributed by atoms with Gasteiger partial charge in [-0.1, -0.05) is 0 Å². The van der Waals surface area contributed by atoms with Gasteiger partial charge in [0.15, 0.2) is 0 Å². The van der Waals surface area contributed by atoms with Crippen molar-refractivity contribution in [2.24, 2.45) is 0 Å². The molecule has 2 saturated heterocycles. The molecule has 0 aromatic rings. The van der Waals surface area contributed by atoms with Crippen molar-refractivity contribution in [1.29, 1.82) is 0 Å². The highest BCUT2D eigenvalue weighted by Gasteiger charge is 2.43. The van der Waals surface area contributed by atoms with Gasteiger partial charge in [-0.3, -0.25) is 0 Å². The van der Waals surface area contributed by atoms with Gasteiger partial charge in [0.25, 0.3) is 0 Å². The van der Waals surface area contributed by atoms with Gasteiger partial charge in [0.05, 0.1) is 0 Å². The van der Waals surface area contributed by atoms with Crippen molar-refractivity contribution in [3.05, 3.63) is 0 Å². The average molecular weight is 157 g/mol. The first-order valence-corrected chi connectivity index (χ1v) is 6.08. The van der Waals surface area contributed by atoms with Crippen molar-refractivity contribution < 1.29 is 0 Å². The van der Waals surface area contributed by atoms with Crippen molar-refractivity contribution in [3.63, 3.8) is 0 Å². The SMILES string of the molecule is C[C@@H]1CC[C@H]2CCCC[S+]21. The Labute approximate surface area is 66.7 Å². The molecule has 0 bridgehead atoms. The fraction of sp³-hybridized carbons (Fsp3) is 1.00. The second kappa shape index (κ2) is 2.77. The fourth-order valence-corrected chi connectivity index (χ4v) is 5.63. The Morgan fingerprint density at radius 1 is 1.10 bits per heavy atom. The molecule has 3 atom stereocenters. The Kier molecular flexibility index (Phi) is 1.94. The van der Waals surface area contributed by atoms with Gasteiger partial charge >= 0.3 is 0 Å². The van der Waals surface area contributed by atoms with E-state index in [1.54, 1.807) is 18.6 Å². The normalized spacial score (nSPS) is 47.1. The second-order valence-electron chi connectivity index (χ2n) is 3.68. The molecule has 0 spiro atoms. The highest BCUT2D eigenvalue weighted by Crippen LogP contribution is 2.36. The number of rotatable bonds is 0. The highest BCUT2D eigenvalue weighted by atomic mass is 32.2. The summed E-state index contributed by atoms with van der Waals surface area (Å²) in [5.74, 6) is 1.58. The molecule has 0 radical (unpaired) electrons. The molecule has 2 fully saturated rings. The Morgan fingerprint density at radius 2 is 2.00 bits per heavy atom. The molecule has 2 aliphatic rings. The van der Waals surface area contributed by atoms with E-state index in [2.05, 4.69) is 6.92 Å². The summed E-state index contributed by atoms with van der Waals surface area (Å²) < 4.78 is 0. The van der Waals surface area contributed by atoms with Crippen LogP contribution in [0.3, 0.4) is 0 Å². The zero-order valence-corrected chi connectivity index (χ0v) is 7.62. The van der Waals surface area contributed by atoms with Gasteiger partial charge < -0.3 is 0 Å². The standard InChI is InChI=1S/C9H17S/c1-8-5-6-9-4-2-3-7-10(8)9/h8-9H,2-7H2,1H3/q+1/t8-,9-,10?/m1/s1. The van der Waals surface area contributed by atoms with Crippen molar-refractivity contribution in [2.75, 3.05) is 5.75 Å². The van der Waals surface area contributed by atoms with E-state index >= 15 is 0 Å².